The molecule has 0 aliphatic rings. The SMILES string of the molecule is COc1ccc(-c2nnc(SCC(=O)Nc3cc(C)on3)o2)c(OC)c1. The first-order chi connectivity index (χ1) is 12.6. The maximum atomic E-state index is 11.9. The van der Waals surface area contributed by atoms with Crippen LogP contribution in [0.1, 0.15) is 5.76 Å². The molecule has 26 heavy (non-hydrogen) atoms. The molecule has 0 unspecified atom stereocenters. The highest BCUT2D eigenvalue weighted by Gasteiger charge is 2.16. The Balaban J connectivity index is 1.64. The lowest BCUT2D eigenvalue weighted by atomic mass is 10.2. The van der Waals surface area contributed by atoms with Crippen LogP contribution in [0.25, 0.3) is 11.5 Å². The normalized spacial score (nSPS) is 10.6. The van der Waals surface area contributed by atoms with Gasteiger partial charge in [0.15, 0.2) is 5.82 Å². The lowest BCUT2D eigenvalue weighted by molar-refractivity contribution is -0.113. The predicted molar refractivity (Wildman–Crippen MR) is 93.4 cm³/mol. The van der Waals surface area contributed by atoms with E-state index in [9.17, 15) is 4.79 Å². The minimum atomic E-state index is -0.259. The van der Waals surface area contributed by atoms with Gasteiger partial charge in [0, 0.05) is 12.1 Å². The molecule has 0 fully saturated rings. The number of aryl methyl sites for hydroxylation is 1. The van der Waals surface area contributed by atoms with E-state index in [0.717, 1.165) is 11.8 Å². The highest BCUT2D eigenvalue weighted by Crippen LogP contribution is 2.33. The molecule has 2 heterocycles. The maximum Gasteiger partial charge on any atom is 0.277 e. The molecule has 0 saturated heterocycles. The lowest BCUT2D eigenvalue weighted by Gasteiger charge is -2.07. The van der Waals surface area contributed by atoms with Crippen LogP contribution in [0.15, 0.2) is 38.4 Å². The van der Waals surface area contributed by atoms with E-state index < -0.39 is 0 Å². The Morgan fingerprint density at radius 1 is 1.23 bits per heavy atom. The van der Waals surface area contributed by atoms with Crippen molar-refractivity contribution in [2.24, 2.45) is 0 Å². The molecule has 0 aliphatic carbocycles. The summed E-state index contributed by atoms with van der Waals surface area (Å²) in [4.78, 5) is 11.9. The summed E-state index contributed by atoms with van der Waals surface area (Å²) in [6.45, 7) is 1.74. The number of anilines is 1. The van der Waals surface area contributed by atoms with Gasteiger partial charge in [0.25, 0.3) is 11.1 Å². The number of carbonyl (C=O) groups excluding carboxylic acids is 1. The van der Waals surface area contributed by atoms with Gasteiger partial charge in [-0.2, -0.15) is 0 Å². The number of ether oxygens (including phenoxy) is 2. The van der Waals surface area contributed by atoms with Crippen molar-refractivity contribution in [3.8, 4) is 23.0 Å². The predicted octanol–water partition coefficient (Wildman–Crippen LogP) is 2.78. The van der Waals surface area contributed by atoms with Crippen molar-refractivity contribution in [1.82, 2.24) is 15.4 Å². The molecule has 3 aromatic rings. The molecular weight excluding hydrogens is 360 g/mol. The van der Waals surface area contributed by atoms with Crippen LogP contribution < -0.4 is 14.8 Å². The summed E-state index contributed by atoms with van der Waals surface area (Å²) in [6, 6.07) is 6.88. The zero-order chi connectivity index (χ0) is 18.5. The molecule has 3 rings (SSSR count). The van der Waals surface area contributed by atoms with E-state index in [1.165, 1.54) is 0 Å². The average molecular weight is 376 g/mol. The first-order valence-electron chi connectivity index (χ1n) is 7.51. The summed E-state index contributed by atoms with van der Waals surface area (Å²) < 4.78 is 21.0. The number of thioether (sulfide) groups is 1. The van der Waals surface area contributed by atoms with E-state index in [-0.39, 0.29) is 16.9 Å². The van der Waals surface area contributed by atoms with Crippen LogP contribution in [0, 0.1) is 6.92 Å². The summed E-state index contributed by atoms with van der Waals surface area (Å²) in [5.74, 6) is 2.30. The zero-order valence-electron chi connectivity index (χ0n) is 14.3. The fraction of sp³-hybridized carbons (Fsp3) is 0.250. The zero-order valence-corrected chi connectivity index (χ0v) is 15.1. The van der Waals surface area contributed by atoms with E-state index >= 15 is 0 Å². The monoisotopic (exact) mass is 376 g/mol. The molecule has 9 nitrogen and oxygen atoms in total. The highest BCUT2D eigenvalue weighted by molar-refractivity contribution is 7.99. The van der Waals surface area contributed by atoms with Crippen LogP contribution >= 0.6 is 11.8 Å². The highest BCUT2D eigenvalue weighted by atomic mass is 32.2. The van der Waals surface area contributed by atoms with Gasteiger partial charge in [-0.15, -0.1) is 10.2 Å². The van der Waals surface area contributed by atoms with Crippen LogP contribution in [0.5, 0.6) is 11.5 Å². The number of amides is 1. The summed E-state index contributed by atoms with van der Waals surface area (Å²) in [7, 11) is 3.11. The van der Waals surface area contributed by atoms with Crippen molar-refractivity contribution in [3.05, 3.63) is 30.0 Å². The summed E-state index contributed by atoms with van der Waals surface area (Å²) in [5, 5.41) is 14.5. The topological polar surface area (TPSA) is 113 Å². The lowest BCUT2D eigenvalue weighted by Crippen LogP contribution is -2.14. The van der Waals surface area contributed by atoms with E-state index in [0.29, 0.717) is 34.5 Å². The number of nitrogens with one attached hydrogen (secondary N) is 1. The molecule has 136 valence electrons. The summed E-state index contributed by atoms with van der Waals surface area (Å²) >= 11 is 1.11. The Bertz CT molecular complexity index is 908. The first kappa shape index (κ1) is 17.8. The Kier molecular flexibility index (Phi) is 5.42. The number of hydrogen-bond donors (Lipinski definition) is 1. The number of rotatable bonds is 7. The van der Waals surface area contributed by atoms with E-state index in [4.69, 9.17) is 18.4 Å². The quantitative estimate of drug-likeness (QED) is 0.622. The van der Waals surface area contributed by atoms with Gasteiger partial charge in [-0.05, 0) is 19.1 Å². The second-order valence-electron chi connectivity index (χ2n) is 5.10. The largest absolute Gasteiger partial charge is 0.497 e. The van der Waals surface area contributed by atoms with Crippen molar-refractivity contribution in [1.29, 1.82) is 0 Å². The van der Waals surface area contributed by atoms with Crippen molar-refractivity contribution in [2.45, 2.75) is 12.1 Å². The third kappa shape index (κ3) is 4.14. The van der Waals surface area contributed by atoms with Crippen LogP contribution in [0.2, 0.25) is 0 Å². The minimum Gasteiger partial charge on any atom is -0.497 e. The van der Waals surface area contributed by atoms with E-state index in [1.807, 2.05) is 0 Å². The van der Waals surface area contributed by atoms with Crippen molar-refractivity contribution >= 4 is 23.5 Å². The number of benzene rings is 1. The van der Waals surface area contributed by atoms with Crippen LogP contribution in [-0.4, -0.2) is 41.2 Å². The minimum absolute atomic E-state index is 0.0906. The van der Waals surface area contributed by atoms with Gasteiger partial charge in [0.1, 0.15) is 17.3 Å². The molecule has 0 radical (unpaired) electrons. The number of nitrogens with zero attached hydrogens (tertiary/aromatic N) is 3. The fourth-order valence-corrected chi connectivity index (χ4v) is 2.65. The fourth-order valence-electron chi connectivity index (χ4n) is 2.08. The van der Waals surface area contributed by atoms with Gasteiger partial charge in [-0.1, -0.05) is 16.9 Å². The van der Waals surface area contributed by atoms with Crippen molar-refractivity contribution in [2.75, 3.05) is 25.3 Å². The van der Waals surface area contributed by atoms with Crippen LogP contribution in [0.3, 0.4) is 0 Å². The van der Waals surface area contributed by atoms with Gasteiger partial charge in [-0.3, -0.25) is 4.79 Å². The van der Waals surface area contributed by atoms with Crippen molar-refractivity contribution in [3.63, 3.8) is 0 Å². The molecule has 2 aromatic heterocycles. The summed E-state index contributed by atoms with van der Waals surface area (Å²) in [5.41, 5.74) is 0.634. The second kappa shape index (κ2) is 7.91. The molecule has 1 aromatic carbocycles. The van der Waals surface area contributed by atoms with Gasteiger partial charge in [-0.25, -0.2) is 0 Å². The molecule has 0 bridgehead atoms. The van der Waals surface area contributed by atoms with Gasteiger partial charge >= 0.3 is 0 Å². The molecule has 1 N–H and O–H groups in total. The second-order valence-corrected chi connectivity index (χ2v) is 6.03. The Hall–Kier alpha value is -3.01. The number of carbonyl (C=O) groups is 1. The van der Waals surface area contributed by atoms with Crippen LogP contribution in [0.4, 0.5) is 5.82 Å². The number of aromatic nitrogens is 3. The average Bonchev–Trinajstić information content (AvgIpc) is 3.28. The van der Waals surface area contributed by atoms with Crippen LogP contribution in [-0.2, 0) is 4.79 Å². The third-order valence-electron chi connectivity index (χ3n) is 3.27. The van der Waals surface area contributed by atoms with E-state index in [2.05, 4.69) is 20.7 Å². The molecule has 0 atom stereocenters. The smallest absolute Gasteiger partial charge is 0.277 e. The van der Waals surface area contributed by atoms with Crippen molar-refractivity contribution < 1.29 is 23.2 Å². The third-order valence-corrected chi connectivity index (χ3v) is 4.09. The molecular formula is C16H16N4O5S. The number of hydrogen-bond acceptors (Lipinski definition) is 9. The Morgan fingerprint density at radius 2 is 2.08 bits per heavy atom. The summed E-state index contributed by atoms with van der Waals surface area (Å²) in [6.07, 6.45) is 0. The molecule has 0 spiro atoms. The molecule has 0 aliphatic heterocycles. The standard InChI is InChI=1S/C16H16N4O5S/c1-9-6-13(20-25-9)17-14(21)8-26-16-19-18-15(24-16)11-5-4-10(22-2)7-12(11)23-3/h4-7H,8H2,1-3H3,(H,17,20,21). The maximum absolute atomic E-state index is 11.9. The Morgan fingerprint density at radius 3 is 2.77 bits per heavy atom. The molecule has 1 amide bonds. The van der Waals surface area contributed by atoms with Gasteiger partial charge in [0.2, 0.25) is 5.91 Å². The van der Waals surface area contributed by atoms with E-state index in [1.54, 1.807) is 45.4 Å². The first-order valence-corrected chi connectivity index (χ1v) is 8.49. The van der Waals surface area contributed by atoms with Gasteiger partial charge < -0.3 is 23.7 Å². The van der Waals surface area contributed by atoms with Gasteiger partial charge in [0.05, 0.1) is 25.5 Å². The molecule has 10 heteroatoms. The molecule has 0 saturated carbocycles. The number of methoxy groups -OCH3 is 2. The Labute approximate surface area is 153 Å².